The fourth-order valence-electron chi connectivity index (χ4n) is 3.08. The average molecular weight is 385 g/mol. The van der Waals surface area contributed by atoms with Crippen LogP contribution in [0.25, 0.3) is 10.6 Å². The summed E-state index contributed by atoms with van der Waals surface area (Å²) < 4.78 is 7.71. The first kappa shape index (κ1) is 16.3. The third-order valence-electron chi connectivity index (χ3n) is 4.76. The van der Waals surface area contributed by atoms with Crippen LogP contribution in [0, 0.1) is 0 Å². The van der Waals surface area contributed by atoms with Crippen LogP contribution in [-0.2, 0) is 5.75 Å². The fourth-order valence-corrected chi connectivity index (χ4v) is 4.91. The summed E-state index contributed by atoms with van der Waals surface area (Å²) in [5.41, 5.74) is 2.19. The van der Waals surface area contributed by atoms with E-state index in [9.17, 15) is 0 Å². The minimum Gasteiger partial charge on any atom is -0.497 e. The van der Waals surface area contributed by atoms with Gasteiger partial charge in [-0.1, -0.05) is 23.9 Å². The summed E-state index contributed by atoms with van der Waals surface area (Å²) in [6.07, 6.45) is 5.07. The number of benzene rings is 1. The van der Waals surface area contributed by atoms with Gasteiger partial charge in [-0.2, -0.15) is 0 Å². The molecule has 0 atom stereocenters. The molecule has 1 aromatic carbocycles. The van der Waals surface area contributed by atoms with Crippen LogP contribution in [0.1, 0.15) is 49.2 Å². The number of aromatic nitrogens is 4. The van der Waals surface area contributed by atoms with Crippen LogP contribution in [0.15, 0.2) is 34.8 Å². The average Bonchev–Trinajstić information content (AvgIpc) is 3.61. The summed E-state index contributed by atoms with van der Waals surface area (Å²) in [5, 5.41) is 13.2. The van der Waals surface area contributed by atoms with Crippen molar-refractivity contribution in [2.75, 3.05) is 7.11 Å². The van der Waals surface area contributed by atoms with Gasteiger partial charge >= 0.3 is 0 Å². The van der Waals surface area contributed by atoms with Crippen molar-refractivity contribution in [1.29, 1.82) is 0 Å². The van der Waals surface area contributed by atoms with Gasteiger partial charge in [-0.3, -0.25) is 0 Å². The lowest BCUT2D eigenvalue weighted by atomic mass is 10.2. The van der Waals surface area contributed by atoms with Gasteiger partial charge in [0.25, 0.3) is 0 Å². The minimum atomic E-state index is 0.630. The van der Waals surface area contributed by atoms with Gasteiger partial charge in [0.15, 0.2) is 5.16 Å². The maximum atomic E-state index is 5.31. The summed E-state index contributed by atoms with van der Waals surface area (Å²) in [6.45, 7) is 0. The summed E-state index contributed by atoms with van der Waals surface area (Å²) in [4.78, 5) is 4.80. The van der Waals surface area contributed by atoms with E-state index in [0.717, 1.165) is 32.9 Å². The monoisotopic (exact) mass is 384 g/mol. The molecule has 0 N–H and O–H groups in total. The molecule has 0 radical (unpaired) electrons. The highest BCUT2D eigenvalue weighted by Gasteiger charge is 2.36. The van der Waals surface area contributed by atoms with E-state index in [2.05, 4.69) is 26.2 Å². The molecule has 7 heteroatoms. The molecule has 5 rings (SSSR count). The van der Waals surface area contributed by atoms with E-state index in [0.29, 0.717) is 12.0 Å². The van der Waals surface area contributed by atoms with Crippen molar-refractivity contribution in [3.63, 3.8) is 0 Å². The fraction of sp³-hybridized carbons (Fsp3) is 0.421. The first-order valence-corrected chi connectivity index (χ1v) is 10.8. The van der Waals surface area contributed by atoms with Gasteiger partial charge < -0.3 is 9.30 Å². The van der Waals surface area contributed by atoms with Crippen LogP contribution in [0.3, 0.4) is 0 Å². The molecule has 2 aromatic heterocycles. The van der Waals surface area contributed by atoms with E-state index in [1.165, 1.54) is 31.5 Å². The van der Waals surface area contributed by atoms with Gasteiger partial charge in [-0.15, -0.1) is 21.5 Å². The van der Waals surface area contributed by atoms with E-state index in [-0.39, 0.29) is 0 Å². The van der Waals surface area contributed by atoms with Gasteiger partial charge in [-0.05, 0) is 37.8 Å². The third kappa shape index (κ3) is 3.25. The Kier molecular flexibility index (Phi) is 4.21. The maximum Gasteiger partial charge on any atom is 0.191 e. The number of rotatable bonds is 7. The molecular weight excluding hydrogens is 364 g/mol. The normalized spacial score (nSPS) is 16.8. The van der Waals surface area contributed by atoms with Gasteiger partial charge in [0.05, 0.1) is 12.8 Å². The van der Waals surface area contributed by atoms with E-state index >= 15 is 0 Å². The lowest BCUT2D eigenvalue weighted by Gasteiger charge is -2.07. The topological polar surface area (TPSA) is 52.8 Å². The molecule has 0 amide bonds. The van der Waals surface area contributed by atoms with Crippen molar-refractivity contribution in [2.45, 2.75) is 48.6 Å². The Morgan fingerprint density at radius 2 is 2.12 bits per heavy atom. The zero-order valence-corrected chi connectivity index (χ0v) is 16.2. The summed E-state index contributed by atoms with van der Waals surface area (Å²) in [7, 11) is 1.69. The molecule has 3 aromatic rings. The number of methoxy groups -OCH3 is 1. The predicted octanol–water partition coefficient (Wildman–Crippen LogP) is 4.91. The molecule has 2 fully saturated rings. The van der Waals surface area contributed by atoms with Crippen LogP contribution < -0.4 is 4.74 Å². The van der Waals surface area contributed by atoms with E-state index < -0.39 is 0 Å². The molecule has 0 spiro atoms. The number of hydrogen-bond donors (Lipinski definition) is 0. The smallest absolute Gasteiger partial charge is 0.191 e. The number of nitrogens with zero attached hydrogens (tertiary/aromatic N) is 4. The Labute approximate surface area is 160 Å². The van der Waals surface area contributed by atoms with Gasteiger partial charge in [0, 0.05) is 28.7 Å². The highest BCUT2D eigenvalue weighted by molar-refractivity contribution is 7.98. The minimum absolute atomic E-state index is 0.630. The number of ether oxygens (including phenoxy) is 1. The Bertz CT molecular complexity index is 927. The highest BCUT2D eigenvalue weighted by Crippen LogP contribution is 2.46. The zero-order chi connectivity index (χ0) is 17.5. The van der Waals surface area contributed by atoms with Crippen LogP contribution in [0.2, 0.25) is 0 Å². The molecule has 5 nitrogen and oxygen atoms in total. The number of thioether (sulfide) groups is 1. The maximum absolute atomic E-state index is 5.31. The molecule has 2 aliphatic carbocycles. The molecule has 0 bridgehead atoms. The van der Waals surface area contributed by atoms with Crippen molar-refractivity contribution in [1.82, 2.24) is 19.7 Å². The lowest BCUT2D eigenvalue weighted by Crippen LogP contribution is -2.01. The van der Waals surface area contributed by atoms with E-state index in [1.54, 1.807) is 30.2 Å². The Hall–Kier alpha value is -1.86. The standard InChI is InChI=1S/C19H20N4OS2/c1-24-16-4-2-3-13(9-16)18-20-14(10-25-18)11-26-19-22-21-17(12-5-6-12)23(19)15-7-8-15/h2-4,9-10,12,15H,5-8,11H2,1H3. The van der Waals surface area contributed by atoms with Gasteiger partial charge in [0.1, 0.15) is 16.6 Å². The van der Waals surface area contributed by atoms with Crippen molar-refractivity contribution >= 4 is 23.1 Å². The summed E-state index contributed by atoms with van der Waals surface area (Å²) in [5.74, 6) is 3.55. The Balaban J connectivity index is 1.31. The molecule has 26 heavy (non-hydrogen) atoms. The largest absolute Gasteiger partial charge is 0.497 e. The first-order chi connectivity index (χ1) is 12.8. The SMILES string of the molecule is COc1cccc(-c2nc(CSc3nnc(C4CC4)n3C3CC3)cs2)c1. The third-order valence-corrected chi connectivity index (χ3v) is 6.68. The second-order valence-corrected chi connectivity index (χ2v) is 8.68. The van der Waals surface area contributed by atoms with Gasteiger partial charge in [-0.25, -0.2) is 4.98 Å². The lowest BCUT2D eigenvalue weighted by molar-refractivity contribution is 0.415. The second-order valence-electron chi connectivity index (χ2n) is 6.88. The molecule has 134 valence electrons. The first-order valence-electron chi connectivity index (χ1n) is 8.98. The van der Waals surface area contributed by atoms with Crippen molar-refractivity contribution in [2.24, 2.45) is 0 Å². The van der Waals surface area contributed by atoms with Crippen LogP contribution >= 0.6 is 23.1 Å². The Morgan fingerprint density at radius 1 is 1.23 bits per heavy atom. The van der Waals surface area contributed by atoms with E-state index in [4.69, 9.17) is 9.72 Å². The van der Waals surface area contributed by atoms with Gasteiger partial charge in [0.2, 0.25) is 0 Å². The van der Waals surface area contributed by atoms with E-state index in [1.807, 2.05) is 18.2 Å². The van der Waals surface area contributed by atoms with Crippen molar-refractivity contribution in [3.05, 3.63) is 41.2 Å². The van der Waals surface area contributed by atoms with Crippen molar-refractivity contribution < 1.29 is 4.74 Å². The Morgan fingerprint density at radius 3 is 2.88 bits per heavy atom. The van der Waals surface area contributed by atoms with Crippen LogP contribution in [-0.4, -0.2) is 26.9 Å². The molecule has 0 saturated heterocycles. The quantitative estimate of drug-likeness (QED) is 0.542. The summed E-state index contributed by atoms with van der Waals surface area (Å²) >= 11 is 3.44. The predicted molar refractivity (Wildman–Crippen MR) is 104 cm³/mol. The molecule has 2 heterocycles. The van der Waals surface area contributed by atoms with Crippen LogP contribution in [0.4, 0.5) is 0 Å². The van der Waals surface area contributed by atoms with Crippen LogP contribution in [0.5, 0.6) is 5.75 Å². The second kappa shape index (κ2) is 6.70. The molecule has 2 saturated carbocycles. The summed E-state index contributed by atoms with van der Waals surface area (Å²) in [6, 6.07) is 8.69. The molecule has 0 aliphatic heterocycles. The molecular formula is C19H20N4OS2. The molecule has 0 unspecified atom stereocenters. The number of hydrogen-bond acceptors (Lipinski definition) is 6. The number of thiazole rings is 1. The van der Waals surface area contributed by atoms with Crippen molar-refractivity contribution in [3.8, 4) is 16.3 Å². The highest BCUT2D eigenvalue weighted by atomic mass is 32.2. The molecule has 2 aliphatic rings. The zero-order valence-electron chi connectivity index (χ0n) is 14.6.